The number of hydrogen-bond donors (Lipinski definition) is 1. The molecule has 0 spiro atoms. The van der Waals surface area contributed by atoms with Crippen LogP contribution < -0.4 is 20.8 Å². The molecule has 0 aliphatic rings. The number of nitrogens with zero attached hydrogens (tertiary/aromatic N) is 3. The summed E-state index contributed by atoms with van der Waals surface area (Å²) in [5.41, 5.74) is 6.41. The number of benzene rings is 1. The van der Waals surface area contributed by atoms with E-state index in [1.807, 2.05) is 6.92 Å². The van der Waals surface area contributed by atoms with Gasteiger partial charge in [0.1, 0.15) is 17.1 Å². The van der Waals surface area contributed by atoms with Gasteiger partial charge >= 0.3 is 0 Å². The summed E-state index contributed by atoms with van der Waals surface area (Å²) in [7, 11) is 2.94. The van der Waals surface area contributed by atoms with Crippen LogP contribution in [0.25, 0.3) is 22.2 Å². The van der Waals surface area contributed by atoms with Crippen molar-refractivity contribution < 1.29 is 9.47 Å². The predicted octanol–water partition coefficient (Wildman–Crippen LogP) is 3.38. The molecule has 2 heterocycles. The monoisotopic (exact) mass is 394 g/mol. The van der Waals surface area contributed by atoms with Gasteiger partial charge in [0.2, 0.25) is 5.95 Å². The number of ether oxygens (including phenoxy) is 2. The van der Waals surface area contributed by atoms with Crippen molar-refractivity contribution in [1.29, 1.82) is 0 Å². The number of methoxy groups -OCH3 is 2. The molecule has 3 aromatic rings. The number of nitrogens with two attached hydrogens (primary N) is 1. The molecule has 0 aliphatic heterocycles. The normalized spacial score (nSPS) is 11.0. The molecule has 0 atom stereocenters. The van der Waals surface area contributed by atoms with E-state index in [0.717, 1.165) is 0 Å². The van der Waals surface area contributed by atoms with Gasteiger partial charge in [-0.05, 0) is 13.0 Å². The van der Waals surface area contributed by atoms with Crippen LogP contribution in [-0.4, -0.2) is 28.8 Å². The first-order valence-electron chi connectivity index (χ1n) is 7.69. The molecular formula is C17H16Cl2N4O3. The Morgan fingerprint density at radius 3 is 2.31 bits per heavy atom. The van der Waals surface area contributed by atoms with Gasteiger partial charge in [0.25, 0.3) is 5.56 Å². The fourth-order valence-electron chi connectivity index (χ4n) is 2.77. The lowest BCUT2D eigenvalue weighted by atomic mass is 10.0. The molecule has 0 radical (unpaired) electrons. The maximum Gasteiger partial charge on any atom is 0.260 e. The SMILES string of the molecule is CCn1c(=O)c(-c2c(Cl)c(OC)cc(OC)c2Cl)cc2cnc(N)nc21. The molecule has 7 nitrogen and oxygen atoms in total. The highest BCUT2D eigenvalue weighted by Crippen LogP contribution is 2.45. The second-order valence-electron chi connectivity index (χ2n) is 5.40. The van der Waals surface area contributed by atoms with E-state index in [4.69, 9.17) is 38.4 Å². The molecule has 136 valence electrons. The van der Waals surface area contributed by atoms with Gasteiger partial charge in [0.15, 0.2) is 0 Å². The minimum atomic E-state index is -0.308. The van der Waals surface area contributed by atoms with Gasteiger partial charge in [0.05, 0.1) is 29.8 Å². The summed E-state index contributed by atoms with van der Waals surface area (Å²) >= 11 is 12.9. The zero-order valence-corrected chi connectivity index (χ0v) is 15.9. The number of anilines is 1. The average molecular weight is 395 g/mol. The van der Waals surface area contributed by atoms with Crippen LogP contribution in [0.1, 0.15) is 6.92 Å². The summed E-state index contributed by atoms with van der Waals surface area (Å²) in [5.74, 6) is 0.781. The number of hydrogen-bond acceptors (Lipinski definition) is 6. The van der Waals surface area contributed by atoms with E-state index >= 15 is 0 Å². The third kappa shape index (κ3) is 2.83. The van der Waals surface area contributed by atoms with Crippen molar-refractivity contribution in [3.63, 3.8) is 0 Å². The van der Waals surface area contributed by atoms with E-state index in [-0.39, 0.29) is 21.6 Å². The van der Waals surface area contributed by atoms with Crippen LogP contribution in [0.5, 0.6) is 11.5 Å². The van der Waals surface area contributed by atoms with Crippen molar-refractivity contribution in [2.75, 3.05) is 20.0 Å². The lowest BCUT2D eigenvalue weighted by Gasteiger charge is -2.16. The Morgan fingerprint density at radius 2 is 1.77 bits per heavy atom. The van der Waals surface area contributed by atoms with E-state index < -0.39 is 0 Å². The van der Waals surface area contributed by atoms with Crippen LogP contribution >= 0.6 is 23.2 Å². The Morgan fingerprint density at radius 1 is 1.15 bits per heavy atom. The van der Waals surface area contributed by atoms with Crippen molar-refractivity contribution in [3.05, 3.63) is 38.7 Å². The summed E-state index contributed by atoms with van der Waals surface area (Å²) in [6.07, 6.45) is 1.55. The molecule has 0 bridgehead atoms. The molecule has 26 heavy (non-hydrogen) atoms. The fraction of sp³-hybridized carbons (Fsp3) is 0.235. The van der Waals surface area contributed by atoms with Crippen LogP contribution in [0.3, 0.4) is 0 Å². The number of nitrogen functional groups attached to an aromatic ring is 1. The molecule has 1 aromatic carbocycles. The van der Waals surface area contributed by atoms with Crippen molar-refractivity contribution in [2.24, 2.45) is 0 Å². The molecule has 0 aliphatic carbocycles. The number of pyridine rings is 1. The molecular weight excluding hydrogens is 379 g/mol. The molecule has 0 saturated carbocycles. The number of rotatable bonds is 4. The van der Waals surface area contributed by atoms with Crippen LogP contribution in [0.2, 0.25) is 10.0 Å². The quantitative estimate of drug-likeness (QED) is 0.728. The molecule has 2 aromatic heterocycles. The van der Waals surface area contributed by atoms with Crippen LogP contribution in [0.4, 0.5) is 5.95 Å². The number of aromatic nitrogens is 3. The molecule has 3 rings (SSSR count). The van der Waals surface area contributed by atoms with E-state index in [1.54, 1.807) is 18.3 Å². The van der Waals surface area contributed by atoms with Gasteiger partial charge in [-0.2, -0.15) is 4.98 Å². The fourth-order valence-corrected chi connectivity index (χ4v) is 3.47. The van der Waals surface area contributed by atoms with E-state index in [0.29, 0.717) is 40.2 Å². The first kappa shape index (κ1) is 18.3. The minimum absolute atomic E-state index is 0.0889. The summed E-state index contributed by atoms with van der Waals surface area (Å²) in [6, 6.07) is 3.20. The largest absolute Gasteiger partial charge is 0.495 e. The Hall–Kier alpha value is -2.51. The number of aryl methyl sites for hydroxylation is 1. The zero-order chi connectivity index (χ0) is 19.0. The highest BCUT2D eigenvalue weighted by Gasteiger charge is 2.22. The van der Waals surface area contributed by atoms with Crippen molar-refractivity contribution in [2.45, 2.75) is 13.5 Å². The number of halogens is 2. The maximum atomic E-state index is 13.1. The summed E-state index contributed by atoms with van der Waals surface area (Å²) in [5, 5.41) is 1.06. The Kier molecular flexibility index (Phi) is 4.93. The van der Waals surface area contributed by atoms with Gasteiger partial charge in [0, 0.05) is 29.8 Å². The standard InChI is InChI=1S/C17H16Cl2N4O3/c1-4-23-15-8(7-21-17(20)22-15)5-9(16(23)24)12-13(18)10(25-2)6-11(26-3)14(12)19/h5-7H,4H2,1-3H3,(H2,20,21,22). The molecule has 0 amide bonds. The van der Waals surface area contributed by atoms with E-state index in [2.05, 4.69) is 9.97 Å². The van der Waals surface area contributed by atoms with Gasteiger partial charge in [-0.3, -0.25) is 9.36 Å². The smallest absolute Gasteiger partial charge is 0.260 e. The minimum Gasteiger partial charge on any atom is -0.495 e. The summed E-state index contributed by atoms with van der Waals surface area (Å²) in [4.78, 5) is 21.3. The lowest BCUT2D eigenvalue weighted by molar-refractivity contribution is 0.395. The van der Waals surface area contributed by atoms with Crippen molar-refractivity contribution in [1.82, 2.24) is 14.5 Å². The van der Waals surface area contributed by atoms with Crippen molar-refractivity contribution >= 4 is 40.2 Å². The van der Waals surface area contributed by atoms with Gasteiger partial charge < -0.3 is 15.2 Å². The Bertz CT molecular complexity index is 1040. The molecule has 9 heteroatoms. The van der Waals surface area contributed by atoms with Gasteiger partial charge in [-0.25, -0.2) is 4.98 Å². The maximum absolute atomic E-state index is 13.1. The first-order chi connectivity index (χ1) is 12.4. The molecule has 0 unspecified atom stereocenters. The highest BCUT2D eigenvalue weighted by atomic mass is 35.5. The van der Waals surface area contributed by atoms with E-state index in [1.165, 1.54) is 18.8 Å². The van der Waals surface area contributed by atoms with Gasteiger partial charge in [-0.1, -0.05) is 23.2 Å². The first-order valence-corrected chi connectivity index (χ1v) is 8.44. The second-order valence-corrected chi connectivity index (χ2v) is 6.15. The Balaban J connectivity index is 2.45. The predicted molar refractivity (Wildman–Crippen MR) is 102 cm³/mol. The summed E-state index contributed by atoms with van der Waals surface area (Å²) < 4.78 is 12.1. The molecule has 2 N–H and O–H groups in total. The second kappa shape index (κ2) is 7.01. The zero-order valence-electron chi connectivity index (χ0n) is 14.3. The highest BCUT2D eigenvalue weighted by molar-refractivity contribution is 6.41. The number of fused-ring (bicyclic) bond motifs is 1. The molecule has 0 saturated heterocycles. The lowest BCUT2D eigenvalue weighted by Crippen LogP contribution is -2.22. The van der Waals surface area contributed by atoms with Crippen molar-refractivity contribution in [3.8, 4) is 22.6 Å². The van der Waals surface area contributed by atoms with Crippen LogP contribution in [0, 0.1) is 0 Å². The van der Waals surface area contributed by atoms with E-state index in [9.17, 15) is 4.79 Å². The third-order valence-electron chi connectivity index (χ3n) is 4.00. The Labute approximate surface area is 159 Å². The van der Waals surface area contributed by atoms with Gasteiger partial charge in [-0.15, -0.1) is 0 Å². The van der Waals surface area contributed by atoms with Crippen LogP contribution in [0.15, 0.2) is 23.1 Å². The average Bonchev–Trinajstić information content (AvgIpc) is 2.63. The summed E-state index contributed by atoms with van der Waals surface area (Å²) in [6.45, 7) is 2.22. The molecule has 0 fully saturated rings. The third-order valence-corrected chi connectivity index (χ3v) is 4.76. The van der Waals surface area contributed by atoms with Crippen LogP contribution in [-0.2, 0) is 6.54 Å². The topological polar surface area (TPSA) is 92.3 Å².